The first-order chi connectivity index (χ1) is 16.8. The van der Waals surface area contributed by atoms with Crippen LogP contribution in [-0.4, -0.2) is 37.2 Å². The molecule has 1 amide bonds. The van der Waals surface area contributed by atoms with Gasteiger partial charge in [-0.3, -0.25) is 14.4 Å². The molecule has 4 aromatic rings. The van der Waals surface area contributed by atoms with E-state index in [1.807, 2.05) is 31.2 Å². The molecule has 0 saturated carbocycles. The Balaban J connectivity index is 1.40. The Morgan fingerprint density at radius 1 is 1.06 bits per heavy atom. The first-order valence-electron chi connectivity index (χ1n) is 10.6. The Labute approximate surface area is 211 Å². The van der Waals surface area contributed by atoms with Gasteiger partial charge in [-0.25, -0.2) is 8.42 Å². The zero-order valence-corrected chi connectivity index (χ0v) is 20.8. The van der Waals surface area contributed by atoms with Crippen molar-refractivity contribution in [1.82, 2.24) is 10.2 Å². The van der Waals surface area contributed by atoms with Gasteiger partial charge in [0.15, 0.2) is 6.10 Å². The molecule has 1 aromatic heterocycles. The van der Waals surface area contributed by atoms with Crippen molar-refractivity contribution in [3.63, 3.8) is 0 Å². The summed E-state index contributed by atoms with van der Waals surface area (Å²) in [6.45, 7) is 1.78. The number of fused-ring (bicyclic) bond motifs is 1. The van der Waals surface area contributed by atoms with Crippen LogP contribution in [0.3, 0.4) is 0 Å². The van der Waals surface area contributed by atoms with E-state index in [1.165, 1.54) is 39.9 Å². The van der Waals surface area contributed by atoms with Gasteiger partial charge in [0.2, 0.25) is 5.13 Å². The molecule has 1 unspecified atom stereocenters. The number of rotatable bonds is 5. The van der Waals surface area contributed by atoms with Crippen LogP contribution in [0.4, 0.5) is 10.8 Å². The third-order valence-corrected chi connectivity index (χ3v) is 8.32. The number of halogens is 1. The highest BCUT2D eigenvalue weighted by atomic mass is 35.5. The molecule has 1 aliphatic rings. The molecule has 178 valence electrons. The average molecular weight is 527 g/mol. The number of carbonyl (C=O) groups is 1. The second-order valence-corrected chi connectivity index (χ2v) is 11.1. The van der Waals surface area contributed by atoms with E-state index in [9.17, 15) is 13.2 Å². The second-order valence-electron chi connectivity index (χ2n) is 7.83. The Morgan fingerprint density at radius 3 is 2.51 bits per heavy atom. The van der Waals surface area contributed by atoms with Crippen molar-refractivity contribution in [3.05, 3.63) is 83.4 Å². The van der Waals surface area contributed by atoms with Crippen LogP contribution in [-0.2, 0) is 14.8 Å². The van der Waals surface area contributed by atoms with E-state index in [0.717, 1.165) is 11.1 Å². The number of aryl methyl sites for hydroxylation is 1. The van der Waals surface area contributed by atoms with Gasteiger partial charge >= 0.3 is 0 Å². The highest BCUT2D eigenvalue weighted by molar-refractivity contribution is 7.92. The fraction of sp³-hybridized carbons (Fsp3) is 0.125. The Morgan fingerprint density at radius 2 is 1.77 bits per heavy atom. The fourth-order valence-electron chi connectivity index (χ4n) is 3.57. The predicted octanol–water partition coefficient (Wildman–Crippen LogP) is 4.76. The molecular weight excluding hydrogens is 508 g/mol. The Hall–Kier alpha value is -3.47. The lowest BCUT2D eigenvalue weighted by Gasteiger charge is -2.34. The molecule has 0 fully saturated rings. The van der Waals surface area contributed by atoms with Crippen LogP contribution in [0.5, 0.6) is 5.75 Å². The molecule has 0 saturated heterocycles. The molecule has 1 atom stereocenters. The van der Waals surface area contributed by atoms with Crippen LogP contribution >= 0.6 is 22.9 Å². The number of anilines is 2. The van der Waals surface area contributed by atoms with Crippen LogP contribution in [0.25, 0.3) is 10.6 Å². The number of benzene rings is 3. The summed E-state index contributed by atoms with van der Waals surface area (Å²) in [4.78, 5) is 13.1. The number of carbonyl (C=O) groups excluding carboxylic acids is 1. The summed E-state index contributed by atoms with van der Waals surface area (Å²) in [5.41, 5.74) is 2.36. The molecule has 5 rings (SSSR count). The standard InChI is InChI=1S/C24H19ClN4O4S2/c1-15-6-8-16(9-7-15)23-27-28-24(34-23)26-22(30)21-14-29(19-4-2-3-5-20(19)33-21)35(31,32)18-12-10-17(25)11-13-18/h2-13,21H,14H2,1H3,(H,26,28,30). The maximum atomic E-state index is 13.4. The Kier molecular flexibility index (Phi) is 6.18. The van der Waals surface area contributed by atoms with Gasteiger partial charge in [-0.1, -0.05) is 64.9 Å². The zero-order valence-electron chi connectivity index (χ0n) is 18.4. The number of nitrogens with zero attached hydrogens (tertiary/aromatic N) is 3. The molecular formula is C24H19ClN4O4S2. The van der Waals surface area contributed by atoms with Gasteiger partial charge in [0.05, 0.1) is 17.1 Å². The van der Waals surface area contributed by atoms with Gasteiger partial charge in [0, 0.05) is 10.6 Å². The maximum Gasteiger partial charge on any atom is 0.269 e. The van der Waals surface area contributed by atoms with E-state index in [4.69, 9.17) is 16.3 Å². The van der Waals surface area contributed by atoms with E-state index >= 15 is 0 Å². The number of hydrogen-bond donors (Lipinski definition) is 1. The van der Waals surface area contributed by atoms with Crippen LogP contribution in [0.15, 0.2) is 77.7 Å². The minimum absolute atomic E-state index is 0.0598. The van der Waals surface area contributed by atoms with E-state index in [1.54, 1.807) is 24.3 Å². The molecule has 3 aromatic carbocycles. The van der Waals surface area contributed by atoms with Crippen LogP contribution in [0.1, 0.15) is 5.56 Å². The third kappa shape index (κ3) is 4.72. The van der Waals surface area contributed by atoms with E-state index in [0.29, 0.717) is 20.8 Å². The van der Waals surface area contributed by atoms with Crippen LogP contribution in [0.2, 0.25) is 5.02 Å². The van der Waals surface area contributed by atoms with Crippen molar-refractivity contribution in [1.29, 1.82) is 0 Å². The number of amides is 1. The SMILES string of the molecule is Cc1ccc(-c2nnc(NC(=O)C3CN(S(=O)(=O)c4ccc(Cl)cc4)c4ccccc4O3)s2)cc1. The summed E-state index contributed by atoms with van der Waals surface area (Å²) < 4.78 is 33.9. The van der Waals surface area contributed by atoms with Crippen molar-refractivity contribution < 1.29 is 17.9 Å². The lowest BCUT2D eigenvalue weighted by Crippen LogP contribution is -2.48. The second kappa shape index (κ2) is 9.29. The molecule has 1 N–H and O–H groups in total. The summed E-state index contributed by atoms with van der Waals surface area (Å²) >= 11 is 7.15. The maximum absolute atomic E-state index is 13.4. The first-order valence-corrected chi connectivity index (χ1v) is 13.2. The zero-order chi connectivity index (χ0) is 24.6. The molecule has 0 aliphatic carbocycles. The number of nitrogens with one attached hydrogen (secondary N) is 1. The quantitative estimate of drug-likeness (QED) is 0.402. The summed E-state index contributed by atoms with van der Waals surface area (Å²) in [6, 6.07) is 20.4. The van der Waals surface area contributed by atoms with E-state index in [-0.39, 0.29) is 17.2 Å². The number of aromatic nitrogens is 2. The van der Waals surface area contributed by atoms with E-state index < -0.39 is 22.0 Å². The fourth-order valence-corrected chi connectivity index (χ4v) is 5.93. The van der Waals surface area contributed by atoms with Crippen molar-refractivity contribution in [2.24, 2.45) is 0 Å². The van der Waals surface area contributed by atoms with Crippen molar-refractivity contribution in [2.75, 3.05) is 16.2 Å². The minimum Gasteiger partial charge on any atom is -0.476 e. The van der Waals surface area contributed by atoms with Crippen molar-refractivity contribution >= 4 is 49.7 Å². The first kappa shape index (κ1) is 23.3. The average Bonchev–Trinajstić information content (AvgIpc) is 3.32. The van der Waals surface area contributed by atoms with Gasteiger partial charge in [0.25, 0.3) is 15.9 Å². The molecule has 0 bridgehead atoms. The summed E-state index contributed by atoms with van der Waals surface area (Å²) in [5, 5.41) is 12.3. The monoisotopic (exact) mass is 526 g/mol. The molecule has 35 heavy (non-hydrogen) atoms. The highest BCUT2D eigenvalue weighted by Crippen LogP contribution is 2.37. The van der Waals surface area contributed by atoms with Crippen molar-refractivity contribution in [2.45, 2.75) is 17.9 Å². The molecule has 2 heterocycles. The normalized spacial score (nSPS) is 15.3. The number of ether oxygens (including phenoxy) is 1. The molecule has 0 spiro atoms. The van der Waals surface area contributed by atoms with Gasteiger partial charge in [-0.2, -0.15) is 0 Å². The number of para-hydroxylation sites is 2. The largest absolute Gasteiger partial charge is 0.476 e. The van der Waals surface area contributed by atoms with Crippen LogP contribution < -0.4 is 14.4 Å². The lowest BCUT2D eigenvalue weighted by atomic mass is 10.2. The predicted molar refractivity (Wildman–Crippen MR) is 136 cm³/mol. The van der Waals surface area contributed by atoms with Crippen LogP contribution in [0, 0.1) is 6.92 Å². The number of hydrogen-bond acceptors (Lipinski definition) is 7. The smallest absolute Gasteiger partial charge is 0.269 e. The Bertz CT molecular complexity index is 1490. The summed E-state index contributed by atoms with van der Waals surface area (Å²) in [7, 11) is -3.98. The molecule has 8 nitrogen and oxygen atoms in total. The molecule has 0 radical (unpaired) electrons. The lowest BCUT2D eigenvalue weighted by molar-refractivity contribution is -0.122. The summed E-state index contributed by atoms with van der Waals surface area (Å²) in [6.07, 6.45) is -1.10. The minimum atomic E-state index is -3.98. The van der Waals surface area contributed by atoms with Gasteiger partial charge in [0.1, 0.15) is 10.8 Å². The van der Waals surface area contributed by atoms with Gasteiger partial charge < -0.3 is 4.74 Å². The van der Waals surface area contributed by atoms with E-state index in [2.05, 4.69) is 15.5 Å². The molecule has 11 heteroatoms. The molecule has 1 aliphatic heterocycles. The third-order valence-electron chi connectivity index (χ3n) is 5.38. The van der Waals surface area contributed by atoms with Gasteiger partial charge in [-0.05, 0) is 43.3 Å². The number of sulfonamides is 1. The summed E-state index contributed by atoms with van der Waals surface area (Å²) in [5.74, 6) is -0.239. The van der Waals surface area contributed by atoms with Gasteiger partial charge in [-0.15, -0.1) is 10.2 Å². The topological polar surface area (TPSA) is 101 Å². The highest BCUT2D eigenvalue weighted by Gasteiger charge is 2.37. The van der Waals surface area contributed by atoms with Crippen molar-refractivity contribution in [3.8, 4) is 16.3 Å².